The highest BCUT2D eigenvalue weighted by atomic mass is 32.1. The Bertz CT molecular complexity index is 972. The molecule has 2 N–H and O–H groups in total. The summed E-state index contributed by atoms with van der Waals surface area (Å²) in [5.41, 5.74) is 1.04. The lowest BCUT2D eigenvalue weighted by Crippen LogP contribution is -2.33. The van der Waals surface area contributed by atoms with Crippen LogP contribution in [0.5, 0.6) is 5.75 Å². The maximum absolute atomic E-state index is 14.1. The molecule has 1 aromatic carbocycles. The van der Waals surface area contributed by atoms with Crippen molar-refractivity contribution in [2.45, 2.75) is 52.3 Å². The van der Waals surface area contributed by atoms with Crippen LogP contribution in [0.25, 0.3) is 0 Å². The number of benzene rings is 1. The number of nitrogens with zero attached hydrogens (tertiary/aromatic N) is 1. The molecule has 1 aromatic heterocycles. The van der Waals surface area contributed by atoms with E-state index in [1.807, 2.05) is 0 Å². The van der Waals surface area contributed by atoms with Crippen molar-refractivity contribution in [3.8, 4) is 5.75 Å². The van der Waals surface area contributed by atoms with Gasteiger partial charge in [0.05, 0.1) is 5.69 Å². The molecule has 2 rings (SSSR count). The van der Waals surface area contributed by atoms with Crippen LogP contribution in [0.1, 0.15) is 64.8 Å². The van der Waals surface area contributed by atoms with Crippen molar-refractivity contribution >= 4 is 18.5 Å². The molecule has 2 atom stereocenters. The first-order chi connectivity index (χ1) is 13.6. The van der Waals surface area contributed by atoms with E-state index in [1.165, 1.54) is 6.07 Å². The Hall–Kier alpha value is -2.28. The van der Waals surface area contributed by atoms with Crippen LogP contribution in [0.2, 0.25) is 0 Å². The topological polar surface area (TPSA) is 71.3 Å². The van der Waals surface area contributed by atoms with Crippen LogP contribution in [0.3, 0.4) is 0 Å². The number of carbonyl (C=O) groups excluding carboxylic acids is 1. The van der Waals surface area contributed by atoms with Gasteiger partial charge < -0.3 is 15.0 Å². The van der Waals surface area contributed by atoms with Gasteiger partial charge in [-0.25, -0.2) is 4.39 Å². The molecule has 5 nitrogen and oxygen atoms in total. The third-order valence-electron chi connectivity index (χ3n) is 5.42. The van der Waals surface area contributed by atoms with E-state index in [0.29, 0.717) is 29.3 Å². The fourth-order valence-electron chi connectivity index (χ4n) is 3.23. The lowest BCUT2D eigenvalue weighted by Gasteiger charge is -2.23. The molecule has 0 spiro atoms. The van der Waals surface area contributed by atoms with E-state index in [-0.39, 0.29) is 17.4 Å². The molecule has 0 saturated carbocycles. The zero-order valence-electron chi connectivity index (χ0n) is 17.5. The summed E-state index contributed by atoms with van der Waals surface area (Å²) in [6, 6.07) is 4.74. The molecule has 1 heterocycles. The fraction of sp³-hybridized carbons (Fsp3) is 0.455. The number of aromatic nitrogens is 1. The molecule has 0 aliphatic heterocycles. The van der Waals surface area contributed by atoms with Crippen molar-refractivity contribution in [2.24, 2.45) is 13.0 Å². The van der Waals surface area contributed by atoms with Crippen LogP contribution in [-0.4, -0.2) is 15.6 Å². The van der Waals surface area contributed by atoms with Crippen LogP contribution < -0.4 is 10.7 Å². The molecule has 29 heavy (non-hydrogen) atoms. The van der Waals surface area contributed by atoms with Gasteiger partial charge in [-0.3, -0.25) is 9.59 Å². The summed E-state index contributed by atoms with van der Waals surface area (Å²) in [5.74, 6) is -1.20. The summed E-state index contributed by atoms with van der Waals surface area (Å²) < 4.78 is 15.7. The molecule has 7 heteroatoms. The van der Waals surface area contributed by atoms with Crippen molar-refractivity contribution in [3.05, 3.63) is 62.3 Å². The average Bonchev–Trinajstić information content (AvgIpc) is 2.67. The van der Waals surface area contributed by atoms with Crippen molar-refractivity contribution in [1.82, 2.24) is 9.88 Å². The second-order valence-electron chi connectivity index (χ2n) is 7.62. The predicted molar refractivity (Wildman–Crippen MR) is 116 cm³/mol. The Morgan fingerprint density at radius 1 is 1.34 bits per heavy atom. The van der Waals surface area contributed by atoms with E-state index >= 15 is 0 Å². The number of rotatable bonds is 7. The second kappa shape index (κ2) is 9.48. The minimum atomic E-state index is -0.735. The van der Waals surface area contributed by atoms with Gasteiger partial charge in [0.15, 0.2) is 5.75 Å². The number of nitrogens with one attached hydrogen (secondary N) is 1. The van der Waals surface area contributed by atoms with Crippen LogP contribution in [0.4, 0.5) is 4.39 Å². The number of hydrogen-bond acceptors (Lipinski definition) is 4. The quantitative estimate of drug-likeness (QED) is 0.589. The van der Waals surface area contributed by atoms with Gasteiger partial charge in [0, 0.05) is 30.1 Å². The largest absolute Gasteiger partial charge is 0.503 e. The average molecular weight is 421 g/mol. The molecule has 0 aliphatic carbocycles. The first-order valence-electron chi connectivity index (χ1n) is 9.72. The highest BCUT2D eigenvalue weighted by Gasteiger charge is 2.27. The third-order valence-corrected chi connectivity index (χ3v) is 5.87. The number of thiol groups is 1. The highest BCUT2D eigenvalue weighted by molar-refractivity contribution is 7.80. The standard InChI is InChI=1S/C22H29FN2O3S/c1-6-12(2)10-17(29)19-18(21(27)20(26)14(4)25(19)5)22(28)24-11-15-8-7-13(3)9-16(15)23/h7-9,12,17,26,29H,6,10-11H2,1-5H3,(H,24,28). The molecule has 0 aliphatic rings. The summed E-state index contributed by atoms with van der Waals surface area (Å²) in [7, 11) is 1.69. The van der Waals surface area contributed by atoms with E-state index in [0.717, 1.165) is 12.0 Å². The van der Waals surface area contributed by atoms with Crippen LogP contribution in [0.15, 0.2) is 23.0 Å². The lowest BCUT2D eigenvalue weighted by molar-refractivity contribution is 0.0946. The van der Waals surface area contributed by atoms with E-state index < -0.39 is 22.9 Å². The molecule has 0 bridgehead atoms. The van der Waals surface area contributed by atoms with Gasteiger partial charge in [0.25, 0.3) is 5.91 Å². The summed E-state index contributed by atoms with van der Waals surface area (Å²) >= 11 is 4.66. The molecule has 0 radical (unpaired) electrons. The third kappa shape index (κ3) is 5.01. The molecular weight excluding hydrogens is 391 g/mol. The van der Waals surface area contributed by atoms with E-state index in [2.05, 4.69) is 31.8 Å². The number of pyridine rings is 1. The first kappa shape index (κ1) is 23.0. The highest BCUT2D eigenvalue weighted by Crippen LogP contribution is 2.32. The molecule has 2 unspecified atom stereocenters. The Balaban J connectivity index is 2.43. The van der Waals surface area contributed by atoms with Crippen LogP contribution >= 0.6 is 12.6 Å². The Morgan fingerprint density at radius 2 is 2.00 bits per heavy atom. The van der Waals surface area contributed by atoms with E-state index in [4.69, 9.17) is 0 Å². The summed E-state index contributed by atoms with van der Waals surface area (Å²) in [6.07, 6.45) is 1.61. The summed E-state index contributed by atoms with van der Waals surface area (Å²) in [5, 5.41) is 12.5. The lowest BCUT2D eigenvalue weighted by atomic mass is 9.97. The second-order valence-corrected chi connectivity index (χ2v) is 8.25. The smallest absolute Gasteiger partial charge is 0.257 e. The number of aryl methyl sites for hydroxylation is 1. The van der Waals surface area contributed by atoms with Gasteiger partial charge in [-0.1, -0.05) is 32.4 Å². The minimum Gasteiger partial charge on any atom is -0.503 e. The Kier molecular flexibility index (Phi) is 7.52. The molecular formula is C22H29FN2O3S. The Labute approximate surface area is 176 Å². The van der Waals surface area contributed by atoms with Gasteiger partial charge in [-0.15, -0.1) is 0 Å². The number of carbonyl (C=O) groups is 1. The van der Waals surface area contributed by atoms with Gasteiger partial charge in [-0.05, 0) is 37.8 Å². The number of aromatic hydroxyl groups is 1. The van der Waals surface area contributed by atoms with E-state index in [1.54, 1.807) is 37.6 Å². The monoisotopic (exact) mass is 420 g/mol. The number of hydrogen-bond donors (Lipinski definition) is 3. The zero-order chi connectivity index (χ0) is 21.9. The normalized spacial score (nSPS) is 13.2. The van der Waals surface area contributed by atoms with Crippen LogP contribution in [0, 0.1) is 25.6 Å². The Morgan fingerprint density at radius 3 is 2.59 bits per heavy atom. The van der Waals surface area contributed by atoms with Crippen molar-refractivity contribution < 1.29 is 14.3 Å². The molecule has 2 aromatic rings. The van der Waals surface area contributed by atoms with E-state index in [9.17, 15) is 19.1 Å². The molecule has 0 saturated heterocycles. The predicted octanol–water partition coefficient (Wildman–Crippen LogP) is 4.18. The van der Waals surface area contributed by atoms with Crippen molar-refractivity contribution in [3.63, 3.8) is 0 Å². The first-order valence-corrected chi connectivity index (χ1v) is 10.2. The fourth-order valence-corrected chi connectivity index (χ4v) is 3.90. The van der Waals surface area contributed by atoms with Gasteiger partial charge in [0.1, 0.15) is 11.4 Å². The number of halogens is 1. The number of amides is 1. The molecule has 158 valence electrons. The van der Waals surface area contributed by atoms with Gasteiger partial charge >= 0.3 is 0 Å². The van der Waals surface area contributed by atoms with Crippen LogP contribution in [-0.2, 0) is 13.6 Å². The summed E-state index contributed by atoms with van der Waals surface area (Å²) in [4.78, 5) is 25.7. The minimum absolute atomic E-state index is 0.0647. The van der Waals surface area contributed by atoms with Gasteiger partial charge in [-0.2, -0.15) is 12.6 Å². The summed E-state index contributed by atoms with van der Waals surface area (Å²) in [6.45, 7) is 7.48. The maximum atomic E-state index is 14.1. The van der Waals surface area contributed by atoms with Gasteiger partial charge in [0.2, 0.25) is 5.43 Å². The molecule has 1 amide bonds. The maximum Gasteiger partial charge on any atom is 0.257 e. The SMILES string of the molecule is CCC(C)CC(S)c1c(C(=O)NCc2ccc(C)cc2F)c(=O)c(O)c(C)n1C. The van der Waals surface area contributed by atoms with Crippen molar-refractivity contribution in [2.75, 3.05) is 0 Å². The molecule has 0 fully saturated rings. The van der Waals surface area contributed by atoms with Crippen molar-refractivity contribution in [1.29, 1.82) is 0 Å². The zero-order valence-corrected chi connectivity index (χ0v) is 18.4.